The number of nitrogens with one attached hydrogen (secondary N) is 1. The van der Waals surface area contributed by atoms with Crippen LogP contribution in [0.15, 0.2) is 36.5 Å². The van der Waals surface area contributed by atoms with Gasteiger partial charge in [0.05, 0.1) is 25.4 Å². The van der Waals surface area contributed by atoms with Crippen molar-refractivity contribution in [2.75, 3.05) is 13.2 Å². The first-order chi connectivity index (χ1) is 39.5. The van der Waals surface area contributed by atoms with Gasteiger partial charge in [0.15, 0.2) is 0 Å². The van der Waals surface area contributed by atoms with Crippen LogP contribution in [0, 0.1) is 0 Å². The lowest BCUT2D eigenvalue weighted by atomic mass is 10.0. The zero-order valence-corrected chi connectivity index (χ0v) is 54.1. The SMILES string of the molecule is CCCCC/C=C\C/C=C\CCCCCCCCCC(=O)OCCCCCCCCCCCC/C=C\CCCCCCCCCC(=O)NC(CO)C(O)CCCCCCCCCCCCCCCCCCCCCCCCCCC. The van der Waals surface area contributed by atoms with Crippen molar-refractivity contribution in [1.29, 1.82) is 0 Å². The van der Waals surface area contributed by atoms with Crippen molar-refractivity contribution in [1.82, 2.24) is 5.32 Å². The predicted octanol–water partition coefficient (Wildman–Crippen LogP) is 23.5. The number of hydrogen-bond acceptors (Lipinski definition) is 5. The summed E-state index contributed by atoms with van der Waals surface area (Å²) in [5.74, 6) is -0.0372. The van der Waals surface area contributed by atoms with Gasteiger partial charge in [0.2, 0.25) is 5.91 Å². The maximum absolute atomic E-state index is 12.6. The minimum Gasteiger partial charge on any atom is -0.466 e. The minimum absolute atomic E-state index is 0.00132. The Hall–Kier alpha value is -1.92. The van der Waals surface area contributed by atoms with Gasteiger partial charge in [-0.3, -0.25) is 9.59 Å². The molecule has 0 fully saturated rings. The van der Waals surface area contributed by atoms with Crippen molar-refractivity contribution in [3.05, 3.63) is 36.5 Å². The van der Waals surface area contributed by atoms with Crippen molar-refractivity contribution in [2.24, 2.45) is 0 Å². The van der Waals surface area contributed by atoms with E-state index in [0.29, 0.717) is 25.9 Å². The van der Waals surface area contributed by atoms with Crippen LogP contribution in [0.25, 0.3) is 0 Å². The number of rotatable bonds is 68. The van der Waals surface area contributed by atoms with E-state index in [-0.39, 0.29) is 18.5 Å². The van der Waals surface area contributed by atoms with E-state index in [0.717, 1.165) is 51.4 Å². The standard InChI is InChI=1S/C74H141NO5/c1-3-5-7-9-11-13-15-17-19-21-22-23-24-25-26-28-31-35-38-42-46-50-54-58-62-66-72(77)71(70-76)75-73(78)67-63-59-55-51-47-43-39-36-32-29-27-30-33-37-41-45-49-53-57-61-65-69-80-74(79)68-64-60-56-52-48-44-40-34-20-18-16-14-12-10-8-6-4-2/h12,14,18,20,29,32,71-72,76-77H,3-11,13,15-17,19,21-28,30-31,33-70H2,1-2H3,(H,75,78)/b14-12-,20-18-,32-29-. The topological polar surface area (TPSA) is 95.9 Å². The van der Waals surface area contributed by atoms with Gasteiger partial charge < -0.3 is 20.3 Å². The summed E-state index contributed by atoms with van der Waals surface area (Å²) in [5.41, 5.74) is 0. The van der Waals surface area contributed by atoms with E-state index in [1.807, 2.05) is 0 Å². The highest BCUT2D eigenvalue weighted by Crippen LogP contribution is 2.19. The van der Waals surface area contributed by atoms with E-state index in [1.165, 1.54) is 315 Å². The average Bonchev–Trinajstić information content (AvgIpc) is 3.46. The molecular formula is C74H141NO5. The number of esters is 1. The largest absolute Gasteiger partial charge is 0.466 e. The fourth-order valence-corrected chi connectivity index (χ4v) is 11.4. The fourth-order valence-electron chi connectivity index (χ4n) is 11.4. The first-order valence-electron chi connectivity index (χ1n) is 36.2. The number of hydrogen-bond donors (Lipinski definition) is 3. The van der Waals surface area contributed by atoms with Crippen LogP contribution in [-0.4, -0.2) is 47.4 Å². The van der Waals surface area contributed by atoms with E-state index in [9.17, 15) is 19.8 Å². The zero-order valence-electron chi connectivity index (χ0n) is 54.1. The van der Waals surface area contributed by atoms with Gasteiger partial charge in [-0.05, 0) is 83.5 Å². The summed E-state index contributed by atoms with van der Waals surface area (Å²) >= 11 is 0. The van der Waals surface area contributed by atoms with Gasteiger partial charge in [-0.1, -0.05) is 339 Å². The van der Waals surface area contributed by atoms with Crippen LogP contribution in [0.5, 0.6) is 0 Å². The summed E-state index contributed by atoms with van der Waals surface area (Å²) in [5, 5.41) is 23.4. The number of carbonyl (C=O) groups excluding carboxylic acids is 2. The molecule has 6 heteroatoms. The van der Waals surface area contributed by atoms with Crippen LogP contribution in [0.3, 0.4) is 0 Å². The molecule has 0 aliphatic rings. The van der Waals surface area contributed by atoms with Gasteiger partial charge in [-0.2, -0.15) is 0 Å². The molecule has 0 bridgehead atoms. The second kappa shape index (κ2) is 69.6. The third-order valence-corrected chi connectivity index (χ3v) is 16.9. The van der Waals surface area contributed by atoms with Crippen molar-refractivity contribution in [3.8, 4) is 0 Å². The van der Waals surface area contributed by atoms with Crippen LogP contribution >= 0.6 is 0 Å². The monoisotopic (exact) mass is 1120 g/mol. The Bertz CT molecular complexity index is 1300. The van der Waals surface area contributed by atoms with Crippen LogP contribution in [0.2, 0.25) is 0 Å². The third-order valence-electron chi connectivity index (χ3n) is 16.9. The summed E-state index contributed by atoms with van der Waals surface area (Å²) in [6.07, 6.45) is 89.0. The molecule has 0 saturated carbocycles. The van der Waals surface area contributed by atoms with E-state index in [1.54, 1.807) is 0 Å². The van der Waals surface area contributed by atoms with Crippen LogP contribution in [0.1, 0.15) is 399 Å². The Kier molecular flexibility index (Phi) is 67.9. The first kappa shape index (κ1) is 78.1. The lowest BCUT2D eigenvalue weighted by Crippen LogP contribution is -2.45. The molecule has 0 heterocycles. The van der Waals surface area contributed by atoms with Gasteiger partial charge in [0, 0.05) is 12.8 Å². The van der Waals surface area contributed by atoms with E-state index in [4.69, 9.17) is 4.74 Å². The molecule has 3 N–H and O–H groups in total. The smallest absolute Gasteiger partial charge is 0.305 e. The highest BCUT2D eigenvalue weighted by Gasteiger charge is 2.20. The van der Waals surface area contributed by atoms with Crippen LogP contribution in [0.4, 0.5) is 0 Å². The van der Waals surface area contributed by atoms with Gasteiger partial charge >= 0.3 is 5.97 Å². The number of carbonyl (C=O) groups is 2. The Labute approximate surface area is 500 Å². The number of ether oxygens (including phenoxy) is 1. The molecule has 1 amide bonds. The van der Waals surface area contributed by atoms with E-state index < -0.39 is 12.1 Å². The molecule has 6 nitrogen and oxygen atoms in total. The molecule has 0 aliphatic heterocycles. The number of amides is 1. The highest BCUT2D eigenvalue weighted by atomic mass is 16.5. The van der Waals surface area contributed by atoms with Crippen molar-refractivity contribution in [3.63, 3.8) is 0 Å². The zero-order chi connectivity index (χ0) is 57.8. The molecular weight excluding hydrogens is 983 g/mol. The molecule has 0 rings (SSSR count). The van der Waals surface area contributed by atoms with Gasteiger partial charge in [0.1, 0.15) is 0 Å². The fraction of sp³-hybridized carbons (Fsp3) is 0.892. The highest BCUT2D eigenvalue weighted by molar-refractivity contribution is 5.76. The maximum Gasteiger partial charge on any atom is 0.305 e. The molecule has 0 aromatic carbocycles. The van der Waals surface area contributed by atoms with Gasteiger partial charge in [-0.15, -0.1) is 0 Å². The third kappa shape index (κ3) is 65.2. The maximum atomic E-state index is 12.6. The Morgan fingerprint density at radius 2 is 0.625 bits per heavy atom. The second-order valence-electron chi connectivity index (χ2n) is 24.9. The lowest BCUT2D eigenvalue weighted by molar-refractivity contribution is -0.143. The average molecular weight is 1120 g/mol. The van der Waals surface area contributed by atoms with Crippen molar-refractivity contribution < 1.29 is 24.5 Å². The normalized spacial score (nSPS) is 12.7. The number of aliphatic hydroxyl groups is 2. The molecule has 0 aliphatic carbocycles. The first-order valence-corrected chi connectivity index (χ1v) is 36.2. The van der Waals surface area contributed by atoms with Gasteiger partial charge in [-0.25, -0.2) is 0 Å². The van der Waals surface area contributed by atoms with E-state index in [2.05, 4.69) is 55.6 Å². The molecule has 472 valence electrons. The molecule has 80 heavy (non-hydrogen) atoms. The van der Waals surface area contributed by atoms with Crippen molar-refractivity contribution >= 4 is 11.9 Å². The summed E-state index contributed by atoms with van der Waals surface area (Å²) < 4.78 is 5.49. The molecule has 0 spiro atoms. The molecule has 0 aromatic heterocycles. The Morgan fingerprint density at radius 3 is 0.988 bits per heavy atom. The number of unbranched alkanes of at least 4 members (excludes halogenated alkanes) is 51. The molecule has 2 atom stereocenters. The lowest BCUT2D eigenvalue weighted by Gasteiger charge is -2.22. The number of allylic oxidation sites excluding steroid dienone is 6. The summed E-state index contributed by atoms with van der Waals surface area (Å²) in [7, 11) is 0. The second-order valence-corrected chi connectivity index (χ2v) is 24.9. The number of aliphatic hydroxyl groups excluding tert-OH is 2. The molecule has 2 unspecified atom stereocenters. The quantitative estimate of drug-likeness (QED) is 0.0320. The summed E-state index contributed by atoms with van der Waals surface area (Å²) in [4.78, 5) is 24.7. The van der Waals surface area contributed by atoms with Crippen molar-refractivity contribution in [2.45, 2.75) is 411 Å². The predicted molar refractivity (Wildman–Crippen MR) is 352 cm³/mol. The minimum atomic E-state index is -0.672. The molecule has 0 aromatic rings. The summed E-state index contributed by atoms with van der Waals surface area (Å²) in [6, 6.07) is -0.549. The summed E-state index contributed by atoms with van der Waals surface area (Å²) in [6.45, 7) is 4.95. The van der Waals surface area contributed by atoms with Gasteiger partial charge in [0.25, 0.3) is 0 Å². The van der Waals surface area contributed by atoms with Crippen LogP contribution < -0.4 is 5.32 Å². The van der Waals surface area contributed by atoms with Crippen LogP contribution in [-0.2, 0) is 14.3 Å². The molecule has 0 saturated heterocycles. The Morgan fingerprint density at radius 1 is 0.350 bits per heavy atom. The Balaban J connectivity index is 3.42. The molecule has 0 radical (unpaired) electrons. The van der Waals surface area contributed by atoms with E-state index >= 15 is 0 Å².